The Bertz CT molecular complexity index is 107. The second kappa shape index (κ2) is 2.45. The molecule has 0 bridgehead atoms. The van der Waals surface area contributed by atoms with Gasteiger partial charge in [0.1, 0.15) is 6.29 Å². The van der Waals surface area contributed by atoms with Gasteiger partial charge in [-0.1, -0.05) is 0 Å². The van der Waals surface area contributed by atoms with Gasteiger partial charge in [-0.05, 0) is 13.8 Å². The fraction of sp³-hybridized carbons (Fsp3) is 0.600. The van der Waals surface area contributed by atoms with Crippen molar-refractivity contribution in [2.45, 2.75) is 13.8 Å². The molecule has 0 fully saturated rings. The Morgan fingerprint density at radius 2 is 2.12 bits per heavy atom. The number of rotatable bonds is 2. The van der Waals surface area contributed by atoms with Gasteiger partial charge in [0.15, 0.2) is 0 Å². The summed E-state index contributed by atoms with van der Waals surface area (Å²) in [6.45, 7) is 3.30. The van der Waals surface area contributed by atoms with Crippen LogP contribution in [0.3, 0.4) is 0 Å². The van der Waals surface area contributed by atoms with Crippen molar-refractivity contribution in [3.05, 3.63) is 0 Å². The molecule has 0 rings (SSSR count). The molecule has 0 unspecified atom stereocenters. The molecule has 0 heterocycles. The van der Waals surface area contributed by atoms with Crippen LogP contribution in [0, 0.1) is 5.41 Å². The van der Waals surface area contributed by atoms with Gasteiger partial charge in [0, 0.05) is 0 Å². The summed E-state index contributed by atoms with van der Waals surface area (Å²) in [5.74, 6) is 0. The number of hydrogen-bond donors (Lipinski definition) is 1. The van der Waals surface area contributed by atoms with E-state index in [1.54, 1.807) is 13.8 Å². The molecule has 0 saturated heterocycles. The molecule has 0 saturated carbocycles. The molecule has 0 spiro atoms. The van der Waals surface area contributed by atoms with Gasteiger partial charge in [0.2, 0.25) is 0 Å². The summed E-state index contributed by atoms with van der Waals surface area (Å²) in [6.07, 6.45) is 1.90. The summed E-state index contributed by atoms with van der Waals surface area (Å²) in [7, 11) is 0. The van der Waals surface area contributed by atoms with Crippen molar-refractivity contribution in [1.29, 1.82) is 0 Å². The lowest BCUT2D eigenvalue weighted by atomic mass is 9.98. The molecule has 0 atom stereocenters. The largest absolute Gasteiger partial charge is 0.411 e. The average Bonchev–Trinajstić information content (AvgIpc) is 1.67. The van der Waals surface area contributed by atoms with Gasteiger partial charge in [-0.2, -0.15) is 0 Å². The fourth-order valence-corrected chi connectivity index (χ4v) is 0.179. The first-order valence-corrected chi connectivity index (χ1v) is 2.27. The minimum atomic E-state index is -0.630. The van der Waals surface area contributed by atoms with Crippen LogP contribution < -0.4 is 0 Å². The number of hydrogen-bond acceptors (Lipinski definition) is 3. The first kappa shape index (κ1) is 7.14. The Hall–Kier alpha value is -0.860. The van der Waals surface area contributed by atoms with Crippen molar-refractivity contribution >= 4 is 12.5 Å². The molecular weight excluding hydrogens is 106 g/mol. The zero-order chi connectivity index (χ0) is 6.62. The standard InChI is InChI=1S/C5H9NO2/c1-5(2,4-7)3-6-8/h3-4,8H,1-2H3. The van der Waals surface area contributed by atoms with Crippen LogP contribution >= 0.6 is 0 Å². The van der Waals surface area contributed by atoms with Crippen molar-refractivity contribution in [3.63, 3.8) is 0 Å². The molecule has 46 valence electrons. The van der Waals surface area contributed by atoms with E-state index >= 15 is 0 Å². The van der Waals surface area contributed by atoms with Crippen molar-refractivity contribution in [1.82, 2.24) is 0 Å². The third-order valence-corrected chi connectivity index (χ3v) is 0.694. The van der Waals surface area contributed by atoms with Crippen LogP contribution in [-0.2, 0) is 4.79 Å². The molecule has 0 aromatic rings. The van der Waals surface area contributed by atoms with Crippen LogP contribution in [0.1, 0.15) is 13.8 Å². The summed E-state index contributed by atoms with van der Waals surface area (Å²) in [6, 6.07) is 0. The highest BCUT2D eigenvalue weighted by atomic mass is 16.4. The van der Waals surface area contributed by atoms with Crippen LogP contribution in [0.4, 0.5) is 0 Å². The maximum atomic E-state index is 10.0. The van der Waals surface area contributed by atoms with Crippen LogP contribution in [0.5, 0.6) is 0 Å². The lowest BCUT2D eigenvalue weighted by Crippen LogP contribution is -2.13. The smallest absolute Gasteiger partial charge is 0.131 e. The lowest BCUT2D eigenvalue weighted by Gasteiger charge is -2.05. The van der Waals surface area contributed by atoms with Crippen molar-refractivity contribution < 1.29 is 10.0 Å². The Morgan fingerprint density at radius 1 is 1.62 bits per heavy atom. The predicted molar refractivity (Wildman–Crippen MR) is 30.1 cm³/mol. The maximum Gasteiger partial charge on any atom is 0.131 e. The fourth-order valence-electron chi connectivity index (χ4n) is 0.179. The number of nitrogens with zero attached hydrogens (tertiary/aromatic N) is 1. The van der Waals surface area contributed by atoms with Gasteiger partial charge in [-0.3, -0.25) is 0 Å². The molecule has 0 aromatic heterocycles. The second-order valence-corrected chi connectivity index (χ2v) is 2.18. The number of carbonyl (C=O) groups excluding carboxylic acids is 1. The first-order valence-electron chi connectivity index (χ1n) is 2.27. The highest BCUT2D eigenvalue weighted by Crippen LogP contribution is 2.04. The monoisotopic (exact) mass is 115 g/mol. The molecule has 0 aliphatic carbocycles. The van der Waals surface area contributed by atoms with E-state index < -0.39 is 5.41 Å². The van der Waals surface area contributed by atoms with E-state index in [1.807, 2.05) is 0 Å². The molecule has 3 heteroatoms. The van der Waals surface area contributed by atoms with Crippen molar-refractivity contribution in [2.75, 3.05) is 0 Å². The number of aldehydes is 1. The van der Waals surface area contributed by atoms with E-state index in [0.717, 1.165) is 0 Å². The second-order valence-electron chi connectivity index (χ2n) is 2.18. The molecule has 0 amide bonds. The minimum absolute atomic E-state index is 0.630. The summed E-state index contributed by atoms with van der Waals surface area (Å²) in [4.78, 5) is 10.0. The van der Waals surface area contributed by atoms with Gasteiger partial charge >= 0.3 is 0 Å². The van der Waals surface area contributed by atoms with E-state index in [4.69, 9.17) is 5.21 Å². The van der Waals surface area contributed by atoms with Crippen molar-refractivity contribution in [3.8, 4) is 0 Å². The molecule has 1 N–H and O–H groups in total. The van der Waals surface area contributed by atoms with Gasteiger partial charge < -0.3 is 10.0 Å². The van der Waals surface area contributed by atoms with Crippen LogP contribution in [0.2, 0.25) is 0 Å². The third-order valence-electron chi connectivity index (χ3n) is 0.694. The summed E-state index contributed by atoms with van der Waals surface area (Å²) >= 11 is 0. The third kappa shape index (κ3) is 2.34. The SMILES string of the molecule is CC(C)(C=O)C=NO. The summed E-state index contributed by atoms with van der Waals surface area (Å²) in [5.41, 5.74) is -0.630. The zero-order valence-electron chi connectivity index (χ0n) is 4.96. The van der Waals surface area contributed by atoms with E-state index in [9.17, 15) is 4.79 Å². The summed E-state index contributed by atoms with van der Waals surface area (Å²) in [5, 5.41) is 10.7. The molecule has 3 nitrogen and oxygen atoms in total. The van der Waals surface area contributed by atoms with Crippen molar-refractivity contribution in [2.24, 2.45) is 10.6 Å². The maximum absolute atomic E-state index is 10.0. The van der Waals surface area contributed by atoms with Gasteiger partial charge in [0.05, 0.1) is 11.6 Å². The van der Waals surface area contributed by atoms with Gasteiger partial charge in [0.25, 0.3) is 0 Å². The quantitative estimate of drug-likeness (QED) is 0.249. The number of carbonyl (C=O) groups is 1. The average molecular weight is 115 g/mol. The van der Waals surface area contributed by atoms with E-state index in [-0.39, 0.29) is 0 Å². The first-order chi connectivity index (χ1) is 3.62. The normalized spacial score (nSPS) is 12.2. The van der Waals surface area contributed by atoms with Crippen LogP contribution in [-0.4, -0.2) is 17.7 Å². The highest BCUT2D eigenvalue weighted by molar-refractivity contribution is 5.84. The van der Waals surface area contributed by atoms with E-state index in [1.165, 1.54) is 6.21 Å². The Kier molecular flexibility index (Phi) is 2.19. The minimum Gasteiger partial charge on any atom is -0.411 e. The number of oxime groups is 1. The van der Waals surface area contributed by atoms with Crippen LogP contribution in [0.15, 0.2) is 5.16 Å². The molecule has 0 radical (unpaired) electrons. The van der Waals surface area contributed by atoms with Gasteiger partial charge in [-0.25, -0.2) is 0 Å². The molecular formula is C5H9NO2. The zero-order valence-corrected chi connectivity index (χ0v) is 4.96. The predicted octanol–water partition coefficient (Wildman–Crippen LogP) is 0.671. The molecule has 0 aliphatic heterocycles. The molecule has 0 aliphatic rings. The highest BCUT2D eigenvalue weighted by Gasteiger charge is 2.11. The molecule has 8 heavy (non-hydrogen) atoms. The van der Waals surface area contributed by atoms with Crippen LogP contribution in [0.25, 0.3) is 0 Å². The van der Waals surface area contributed by atoms with E-state index in [2.05, 4.69) is 5.16 Å². The lowest BCUT2D eigenvalue weighted by molar-refractivity contribution is -0.112. The Morgan fingerprint density at radius 3 is 2.25 bits per heavy atom. The Balaban J connectivity index is 3.90. The van der Waals surface area contributed by atoms with Gasteiger partial charge in [-0.15, -0.1) is 5.16 Å². The van der Waals surface area contributed by atoms with E-state index in [0.29, 0.717) is 6.29 Å². The summed E-state index contributed by atoms with van der Waals surface area (Å²) < 4.78 is 0. The molecule has 0 aromatic carbocycles. The topological polar surface area (TPSA) is 49.7 Å². The Labute approximate surface area is 48.0 Å².